The number of carbonyl (C=O) groups excluding carboxylic acids is 2. The Morgan fingerprint density at radius 2 is 2.07 bits per heavy atom. The third kappa shape index (κ3) is 5.22. The lowest BCUT2D eigenvalue weighted by Crippen LogP contribution is -2.38. The van der Waals surface area contributed by atoms with Crippen molar-refractivity contribution in [3.05, 3.63) is 52.4 Å². The van der Waals surface area contributed by atoms with E-state index in [1.54, 1.807) is 18.3 Å². The fourth-order valence-electron chi connectivity index (χ4n) is 3.49. The molecule has 0 spiro atoms. The van der Waals surface area contributed by atoms with E-state index in [2.05, 4.69) is 42.6 Å². The van der Waals surface area contributed by atoms with Crippen LogP contribution in [-0.4, -0.2) is 45.7 Å². The molecule has 0 atom stereocenters. The molecule has 0 saturated carbocycles. The van der Waals surface area contributed by atoms with Crippen molar-refractivity contribution >= 4 is 34.9 Å². The van der Waals surface area contributed by atoms with Gasteiger partial charge in [-0.2, -0.15) is 0 Å². The molecule has 2 aliphatic heterocycles. The summed E-state index contributed by atoms with van der Waals surface area (Å²) in [4.78, 5) is 38.9. The Morgan fingerprint density at radius 1 is 1.23 bits per heavy atom. The van der Waals surface area contributed by atoms with Crippen LogP contribution in [0, 0.1) is 12.8 Å². The highest BCUT2D eigenvalue weighted by Crippen LogP contribution is 2.26. The topological polar surface area (TPSA) is 100 Å². The molecule has 2 aromatic rings. The molecular formula is C21H24N6O2S. The Morgan fingerprint density at radius 3 is 2.77 bits per heavy atom. The van der Waals surface area contributed by atoms with Gasteiger partial charge < -0.3 is 10.2 Å². The van der Waals surface area contributed by atoms with Crippen molar-refractivity contribution in [3.63, 3.8) is 0 Å². The van der Waals surface area contributed by atoms with Crippen LogP contribution >= 0.6 is 11.8 Å². The molecule has 0 radical (unpaired) electrons. The van der Waals surface area contributed by atoms with Crippen LogP contribution in [0.1, 0.15) is 29.8 Å². The van der Waals surface area contributed by atoms with Crippen LogP contribution in [0.2, 0.25) is 0 Å². The maximum Gasteiger partial charge on any atom is 0.290 e. The van der Waals surface area contributed by atoms with Gasteiger partial charge >= 0.3 is 0 Å². The lowest BCUT2D eigenvalue weighted by atomic mass is 9.97. The number of piperidine rings is 1. The van der Waals surface area contributed by atoms with Gasteiger partial charge in [0.05, 0.1) is 16.3 Å². The minimum absolute atomic E-state index is 0.352. The first-order valence-corrected chi connectivity index (χ1v) is 10.8. The lowest BCUT2D eigenvalue weighted by molar-refractivity contribution is -0.115. The zero-order valence-corrected chi connectivity index (χ0v) is 17.6. The van der Waals surface area contributed by atoms with Crippen LogP contribution in [0.4, 0.5) is 10.7 Å². The summed E-state index contributed by atoms with van der Waals surface area (Å²) in [6.45, 7) is 5.58. The Kier molecular flexibility index (Phi) is 6.39. The van der Waals surface area contributed by atoms with E-state index < -0.39 is 0 Å². The number of carbonyl (C=O) groups is 2. The molecule has 2 aromatic heterocycles. The van der Waals surface area contributed by atoms with Gasteiger partial charge in [0.1, 0.15) is 0 Å². The summed E-state index contributed by atoms with van der Waals surface area (Å²) in [5, 5.41) is 5.42. The van der Waals surface area contributed by atoms with Crippen molar-refractivity contribution in [2.24, 2.45) is 5.92 Å². The van der Waals surface area contributed by atoms with Crippen LogP contribution in [-0.2, 0) is 11.3 Å². The Bertz CT molecular complexity index is 954. The fraction of sp³-hybridized carbons (Fsp3) is 0.381. The number of nitrogens with zero attached hydrogens (tertiary/aromatic N) is 4. The maximum absolute atomic E-state index is 11.7. The normalized spacial score (nSPS) is 18.8. The number of nitrogens with one attached hydrogen (secondary N) is 2. The summed E-state index contributed by atoms with van der Waals surface area (Å²) in [5.41, 5.74) is 2.86. The first kappa shape index (κ1) is 20.5. The average molecular weight is 425 g/mol. The van der Waals surface area contributed by atoms with Crippen molar-refractivity contribution < 1.29 is 9.59 Å². The Balaban J connectivity index is 1.28. The zero-order chi connectivity index (χ0) is 20.9. The molecule has 0 aliphatic carbocycles. The van der Waals surface area contributed by atoms with Gasteiger partial charge in [-0.15, -0.1) is 0 Å². The SMILES string of the molecule is Cc1ccc(CNCC2CCN(c3nccc(/C=C4/SC(=O)NC4=O)n3)CC2)nc1. The number of thioether (sulfide) groups is 1. The van der Waals surface area contributed by atoms with Crippen LogP contribution in [0.3, 0.4) is 0 Å². The molecule has 4 heterocycles. The highest BCUT2D eigenvalue weighted by molar-refractivity contribution is 8.18. The number of imide groups is 1. The standard InChI is InChI=1S/C21H24N6O2S/c1-14-2-3-17(24-11-14)13-22-12-15-5-8-27(9-6-15)20-23-7-4-16(25-20)10-18-19(28)26-21(29)30-18/h2-4,7,10-11,15,22H,5-6,8-9,12-13H2,1H3,(H,26,28,29)/b18-10+. The Hall–Kier alpha value is -2.78. The summed E-state index contributed by atoms with van der Waals surface area (Å²) < 4.78 is 0. The number of pyridine rings is 1. The van der Waals surface area contributed by atoms with E-state index in [4.69, 9.17) is 0 Å². The lowest BCUT2D eigenvalue weighted by Gasteiger charge is -2.32. The fourth-order valence-corrected chi connectivity index (χ4v) is 4.16. The second-order valence-corrected chi connectivity index (χ2v) is 8.54. The van der Waals surface area contributed by atoms with Crippen LogP contribution in [0.5, 0.6) is 0 Å². The number of hydrogen-bond acceptors (Lipinski definition) is 8. The molecule has 2 N–H and O–H groups in total. The van der Waals surface area contributed by atoms with Gasteiger partial charge in [0.25, 0.3) is 11.1 Å². The second kappa shape index (κ2) is 9.36. The van der Waals surface area contributed by atoms with E-state index in [0.717, 1.165) is 56.5 Å². The monoisotopic (exact) mass is 424 g/mol. The van der Waals surface area contributed by atoms with E-state index in [0.29, 0.717) is 22.5 Å². The molecule has 2 saturated heterocycles. The second-order valence-electron chi connectivity index (χ2n) is 7.52. The van der Waals surface area contributed by atoms with Gasteiger partial charge in [0.15, 0.2) is 0 Å². The number of aromatic nitrogens is 3. The predicted octanol–water partition coefficient (Wildman–Crippen LogP) is 2.51. The smallest absolute Gasteiger partial charge is 0.290 e. The van der Waals surface area contributed by atoms with Crippen molar-refractivity contribution in [2.75, 3.05) is 24.5 Å². The minimum Gasteiger partial charge on any atom is -0.341 e. The third-order valence-corrected chi connectivity index (χ3v) is 6.01. The van der Waals surface area contributed by atoms with E-state index in [1.807, 2.05) is 13.1 Å². The van der Waals surface area contributed by atoms with E-state index >= 15 is 0 Å². The van der Waals surface area contributed by atoms with E-state index in [1.165, 1.54) is 5.56 Å². The van der Waals surface area contributed by atoms with Crippen molar-refractivity contribution in [1.29, 1.82) is 0 Å². The molecule has 156 valence electrons. The number of aryl methyl sites for hydroxylation is 1. The van der Waals surface area contributed by atoms with Crippen molar-refractivity contribution in [1.82, 2.24) is 25.6 Å². The van der Waals surface area contributed by atoms with E-state index in [-0.39, 0.29) is 11.1 Å². The van der Waals surface area contributed by atoms with Gasteiger partial charge in [-0.1, -0.05) is 6.07 Å². The number of anilines is 1. The maximum atomic E-state index is 11.7. The predicted molar refractivity (Wildman–Crippen MR) is 117 cm³/mol. The summed E-state index contributed by atoms with van der Waals surface area (Å²) in [7, 11) is 0. The molecule has 9 heteroatoms. The third-order valence-electron chi connectivity index (χ3n) is 5.19. The van der Waals surface area contributed by atoms with Gasteiger partial charge in [-0.05, 0) is 67.8 Å². The quantitative estimate of drug-likeness (QED) is 0.683. The number of rotatable bonds is 6. The molecule has 4 rings (SSSR count). The van der Waals surface area contributed by atoms with Gasteiger partial charge in [0, 0.05) is 32.0 Å². The molecule has 0 unspecified atom stereocenters. The van der Waals surface area contributed by atoms with Gasteiger partial charge in [-0.25, -0.2) is 9.97 Å². The largest absolute Gasteiger partial charge is 0.341 e. The zero-order valence-electron chi connectivity index (χ0n) is 16.8. The summed E-state index contributed by atoms with van der Waals surface area (Å²) in [5.74, 6) is 0.898. The summed E-state index contributed by atoms with van der Waals surface area (Å²) in [6, 6.07) is 5.89. The first-order chi connectivity index (χ1) is 14.6. The highest BCUT2D eigenvalue weighted by atomic mass is 32.2. The molecule has 30 heavy (non-hydrogen) atoms. The Labute approximate surface area is 179 Å². The van der Waals surface area contributed by atoms with E-state index in [9.17, 15) is 9.59 Å². The van der Waals surface area contributed by atoms with Gasteiger partial charge in [0.2, 0.25) is 5.95 Å². The molecular weight excluding hydrogens is 400 g/mol. The minimum atomic E-state index is -0.376. The molecule has 2 amide bonds. The summed E-state index contributed by atoms with van der Waals surface area (Å²) >= 11 is 0.893. The first-order valence-electron chi connectivity index (χ1n) is 10.0. The molecule has 2 aliphatic rings. The number of amides is 2. The number of hydrogen-bond donors (Lipinski definition) is 2. The molecule has 0 aromatic carbocycles. The molecule has 2 fully saturated rings. The van der Waals surface area contributed by atoms with Crippen LogP contribution in [0.15, 0.2) is 35.5 Å². The van der Waals surface area contributed by atoms with Crippen molar-refractivity contribution in [3.8, 4) is 0 Å². The van der Waals surface area contributed by atoms with Gasteiger partial charge in [-0.3, -0.25) is 19.9 Å². The van der Waals surface area contributed by atoms with Crippen molar-refractivity contribution in [2.45, 2.75) is 26.3 Å². The highest BCUT2D eigenvalue weighted by Gasteiger charge is 2.25. The summed E-state index contributed by atoms with van der Waals surface area (Å²) in [6.07, 6.45) is 7.35. The average Bonchev–Trinajstić information content (AvgIpc) is 3.07. The van der Waals surface area contributed by atoms with Crippen LogP contribution in [0.25, 0.3) is 6.08 Å². The van der Waals surface area contributed by atoms with Crippen LogP contribution < -0.4 is 15.5 Å². The molecule has 8 nitrogen and oxygen atoms in total. The molecule has 0 bridgehead atoms.